The van der Waals surface area contributed by atoms with Gasteiger partial charge >= 0.3 is 0 Å². The monoisotopic (exact) mass is 228 g/mol. The van der Waals surface area contributed by atoms with Crippen LogP contribution in [-0.2, 0) is 6.42 Å². The van der Waals surface area contributed by atoms with E-state index in [1.807, 2.05) is 18.2 Å². The van der Waals surface area contributed by atoms with E-state index in [9.17, 15) is 5.11 Å². The minimum absolute atomic E-state index is 0.230. The van der Waals surface area contributed by atoms with Gasteiger partial charge in [0, 0.05) is 0 Å². The SMILES string of the molecule is C=CC1(C(Cc2ccccc2O)C(=C)C)CC1. The lowest BCUT2D eigenvalue weighted by Crippen LogP contribution is -2.17. The number of rotatable bonds is 5. The first-order valence-corrected chi connectivity index (χ1v) is 6.15. The zero-order valence-electron chi connectivity index (χ0n) is 10.4. The summed E-state index contributed by atoms with van der Waals surface area (Å²) in [7, 11) is 0. The lowest BCUT2D eigenvalue weighted by Gasteiger charge is -2.25. The molecule has 2 rings (SSSR count). The van der Waals surface area contributed by atoms with Gasteiger partial charge in [-0.15, -0.1) is 6.58 Å². The highest BCUT2D eigenvalue weighted by Gasteiger charge is 2.46. The highest BCUT2D eigenvalue weighted by molar-refractivity contribution is 5.34. The van der Waals surface area contributed by atoms with E-state index in [0.717, 1.165) is 12.0 Å². The van der Waals surface area contributed by atoms with Gasteiger partial charge in [0.1, 0.15) is 5.75 Å². The first-order chi connectivity index (χ1) is 8.09. The Morgan fingerprint density at radius 2 is 2.12 bits per heavy atom. The number of allylic oxidation sites excluding steroid dienone is 2. The minimum atomic E-state index is 0.230. The van der Waals surface area contributed by atoms with Crippen molar-refractivity contribution in [2.24, 2.45) is 11.3 Å². The van der Waals surface area contributed by atoms with Gasteiger partial charge in [-0.2, -0.15) is 0 Å². The molecule has 0 aromatic heterocycles. The average Bonchev–Trinajstić information content (AvgIpc) is 3.08. The second kappa shape index (κ2) is 4.40. The smallest absolute Gasteiger partial charge is 0.118 e. The fourth-order valence-corrected chi connectivity index (χ4v) is 2.61. The summed E-state index contributed by atoms with van der Waals surface area (Å²) < 4.78 is 0. The topological polar surface area (TPSA) is 20.2 Å². The molecule has 0 amide bonds. The van der Waals surface area contributed by atoms with Crippen LogP contribution in [0.4, 0.5) is 0 Å². The molecular formula is C16H20O. The number of para-hydroxylation sites is 1. The molecule has 0 bridgehead atoms. The summed E-state index contributed by atoms with van der Waals surface area (Å²) in [5, 5.41) is 9.84. The third kappa shape index (κ3) is 2.28. The second-order valence-corrected chi connectivity index (χ2v) is 5.17. The van der Waals surface area contributed by atoms with Gasteiger partial charge in [-0.1, -0.05) is 36.4 Å². The fourth-order valence-electron chi connectivity index (χ4n) is 2.61. The zero-order valence-corrected chi connectivity index (χ0v) is 10.4. The van der Waals surface area contributed by atoms with Crippen LogP contribution in [0.15, 0.2) is 49.1 Å². The number of aromatic hydroxyl groups is 1. The summed E-state index contributed by atoms with van der Waals surface area (Å²) in [6.07, 6.45) is 5.32. The lowest BCUT2D eigenvalue weighted by molar-refractivity contribution is 0.416. The van der Waals surface area contributed by atoms with Gasteiger partial charge in [-0.25, -0.2) is 0 Å². The molecule has 0 heterocycles. The van der Waals surface area contributed by atoms with E-state index in [4.69, 9.17) is 0 Å². The van der Waals surface area contributed by atoms with Crippen LogP contribution >= 0.6 is 0 Å². The maximum Gasteiger partial charge on any atom is 0.118 e. The molecule has 1 aromatic rings. The molecule has 90 valence electrons. The predicted molar refractivity (Wildman–Crippen MR) is 72.0 cm³/mol. The van der Waals surface area contributed by atoms with Crippen LogP contribution in [-0.4, -0.2) is 5.11 Å². The third-order valence-corrected chi connectivity index (χ3v) is 3.94. The summed E-state index contributed by atoms with van der Waals surface area (Å²) in [5.74, 6) is 0.784. The molecule has 1 N–H and O–H groups in total. The van der Waals surface area contributed by atoms with Crippen LogP contribution in [0.1, 0.15) is 25.3 Å². The van der Waals surface area contributed by atoms with Crippen LogP contribution in [0.2, 0.25) is 0 Å². The van der Waals surface area contributed by atoms with Crippen molar-refractivity contribution < 1.29 is 5.11 Å². The Bertz CT molecular complexity index is 441. The van der Waals surface area contributed by atoms with Crippen molar-refractivity contribution in [2.75, 3.05) is 0 Å². The number of phenols is 1. The molecule has 1 aromatic carbocycles. The molecule has 1 aliphatic rings. The van der Waals surface area contributed by atoms with Gasteiger partial charge in [0.2, 0.25) is 0 Å². The van der Waals surface area contributed by atoms with Crippen molar-refractivity contribution in [1.82, 2.24) is 0 Å². The quantitative estimate of drug-likeness (QED) is 0.752. The highest BCUT2D eigenvalue weighted by atomic mass is 16.3. The molecule has 17 heavy (non-hydrogen) atoms. The van der Waals surface area contributed by atoms with Crippen molar-refractivity contribution in [2.45, 2.75) is 26.2 Å². The van der Waals surface area contributed by atoms with Gasteiger partial charge in [-0.05, 0) is 49.1 Å². The standard InChI is InChI=1S/C16H20O/c1-4-16(9-10-16)14(12(2)3)11-13-7-5-6-8-15(13)17/h4-8,14,17H,1-2,9-11H2,3H3. The largest absolute Gasteiger partial charge is 0.508 e. The van der Waals surface area contributed by atoms with Gasteiger partial charge < -0.3 is 5.11 Å². The van der Waals surface area contributed by atoms with Gasteiger partial charge in [0.05, 0.1) is 0 Å². The molecule has 1 aliphatic carbocycles. The van der Waals surface area contributed by atoms with Gasteiger partial charge in [0.25, 0.3) is 0 Å². The highest BCUT2D eigenvalue weighted by Crippen LogP contribution is 2.56. The number of benzene rings is 1. The van der Waals surface area contributed by atoms with Crippen LogP contribution in [0.5, 0.6) is 5.75 Å². The van der Waals surface area contributed by atoms with Crippen LogP contribution in [0, 0.1) is 11.3 Å². The van der Waals surface area contributed by atoms with E-state index >= 15 is 0 Å². The summed E-state index contributed by atoms with van der Waals surface area (Å²) in [4.78, 5) is 0. The number of hydrogen-bond donors (Lipinski definition) is 1. The lowest BCUT2D eigenvalue weighted by atomic mass is 9.79. The molecule has 0 spiro atoms. The van der Waals surface area contributed by atoms with Crippen LogP contribution in [0.25, 0.3) is 0 Å². The Kier molecular flexibility index (Phi) is 3.10. The summed E-state index contributed by atoms with van der Waals surface area (Å²) >= 11 is 0. The Morgan fingerprint density at radius 3 is 2.59 bits per heavy atom. The maximum atomic E-state index is 9.84. The van der Waals surface area contributed by atoms with E-state index in [0.29, 0.717) is 11.7 Å². The van der Waals surface area contributed by atoms with E-state index in [1.54, 1.807) is 6.07 Å². The van der Waals surface area contributed by atoms with Crippen molar-refractivity contribution in [3.63, 3.8) is 0 Å². The van der Waals surface area contributed by atoms with E-state index < -0.39 is 0 Å². The van der Waals surface area contributed by atoms with E-state index in [2.05, 4.69) is 26.2 Å². The van der Waals surface area contributed by atoms with Crippen molar-refractivity contribution >= 4 is 0 Å². The summed E-state index contributed by atoms with van der Waals surface area (Å²) in [6, 6.07) is 7.57. The predicted octanol–water partition coefficient (Wildman–Crippen LogP) is 4.09. The Balaban J connectivity index is 2.23. The first-order valence-electron chi connectivity index (χ1n) is 6.15. The second-order valence-electron chi connectivity index (χ2n) is 5.17. The maximum absolute atomic E-state index is 9.84. The number of phenolic OH excluding ortho intramolecular Hbond substituents is 1. The molecule has 1 fully saturated rings. The first kappa shape index (κ1) is 12.0. The normalized spacial score (nSPS) is 18.4. The van der Waals surface area contributed by atoms with Crippen molar-refractivity contribution in [1.29, 1.82) is 0 Å². The molecule has 1 heteroatoms. The van der Waals surface area contributed by atoms with Gasteiger partial charge in [-0.3, -0.25) is 0 Å². The Morgan fingerprint density at radius 1 is 1.47 bits per heavy atom. The third-order valence-electron chi connectivity index (χ3n) is 3.94. The Labute approximate surface area is 103 Å². The molecule has 0 aliphatic heterocycles. The van der Waals surface area contributed by atoms with E-state index in [-0.39, 0.29) is 5.41 Å². The zero-order chi connectivity index (χ0) is 12.5. The molecule has 1 atom stereocenters. The summed E-state index contributed by atoms with van der Waals surface area (Å²) in [5.41, 5.74) is 2.42. The summed E-state index contributed by atoms with van der Waals surface area (Å²) in [6.45, 7) is 10.1. The fraction of sp³-hybridized carbons (Fsp3) is 0.375. The molecule has 1 nitrogen and oxygen atoms in total. The Hall–Kier alpha value is -1.50. The molecule has 0 saturated heterocycles. The van der Waals surface area contributed by atoms with Gasteiger partial charge in [0.15, 0.2) is 0 Å². The van der Waals surface area contributed by atoms with E-state index in [1.165, 1.54) is 18.4 Å². The molecule has 0 radical (unpaired) electrons. The van der Waals surface area contributed by atoms with Crippen LogP contribution < -0.4 is 0 Å². The number of hydrogen-bond acceptors (Lipinski definition) is 1. The van der Waals surface area contributed by atoms with Crippen LogP contribution in [0.3, 0.4) is 0 Å². The van der Waals surface area contributed by atoms with Crippen molar-refractivity contribution in [3.05, 3.63) is 54.6 Å². The molecular weight excluding hydrogens is 208 g/mol. The average molecular weight is 228 g/mol. The molecule has 1 unspecified atom stereocenters. The van der Waals surface area contributed by atoms with Crippen molar-refractivity contribution in [3.8, 4) is 5.75 Å². The minimum Gasteiger partial charge on any atom is -0.508 e. The molecule has 1 saturated carbocycles.